The monoisotopic (exact) mass is 444 g/mol. The Morgan fingerprint density at radius 2 is 1.81 bits per heavy atom. The van der Waals surface area contributed by atoms with Gasteiger partial charge in [0.2, 0.25) is 0 Å². The normalized spacial score (nSPS) is 17.6. The Hall–Kier alpha value is -3.52. The van der Waals surface area contributed by atoms with Crippen LogP contribution in [0.3, 0.4) is 0 Å². The van der Waals surface area contributed by atoms with Crippen LogP contribution in [0.2, 0.25) is 5.02 Å². The van der Waals surface area contributed by atoms with Gasteiger partial charge < -0.3 is 29.4 Å². The molecule has 2 aromatic rings. The second-order valence-corrected chi connectivity index (χ2v) is 7.17. The highest BCUT2D eigenvalue weighted by Gasteiger charge is 2.46. The van der Waals surface area contributed by atoms with E-state index >= 15 is 0 Å². The Balaban J connectivity index is 2.21. The van der Waals surface area contributed by atoms with E-state index < -0.39 is 35.9 Å². The number of carbonyl (C=O) groups excluding carboxylic acids is 3. The van der Waals surface area contributed by atoms with Crippen LogP contribution in [-0.2, 0) is 14.4 Å². The number of hydrogen-bond donors (Lipinski definition) is 1. The molecule has 1 aliphatic rings. The van der Waals surface area contributed by atoms with Crippen LogP contribution < -0.4 is 14.6 Å². The summed E-state index contributed by atoms with van der Waals surface area (Å²) in [5.74, 6) is -2.88. The third-order valence-electron chi connectivity index (χ3n) is 4.95. The van der Waals surface area contributed by atoms with E-state index in [0.717, 1.165) is 4.90 Å². The first-order valence-corrected chi connectivity index (χ1v) is 9.62. The molecule has 0 spiro atoms. The number of hydrogen-bond acceptors (Lipinski definition) is 7. The number of rotatable bonds is 7. The molecule has 1 N–H and O–H groups in total. The number of nitrogens with zero attached hydrogens (tertiary/aromatic N) is 1. The second-order valence-electron chi connectivity index (χ2n) is 6.73. The molecule has 1 atom stereocenters. The van der Waals surface area contributed by atoms with E-state index in [1.165, 1.54) is 38.5 Å². The molecule has 1 fully saturated rings. The Morgan fingerprint density at radius 1 is 1.13 bits per heavy atom. The molecule has 3 rings (SSSR count). The van der Waals surface area contributed by atoms with Gasteiger partial charge in [-0.05, 0) is 36.4 Å². The SMILES string of the molecule is COc1ccc([C@@H]2C(=C(O)c3ccc(Cl)cc3)C(=O)C(=O)N2CCC(=O)[O-])c(OC)c1. The number of ketones is 1. The van der Waals surface area contributed by atoms with Crippen molar-refractivity contribution in [2.24, 2.45) is 0 Å². The minimum absolute atomic E-state index is 0.186. The molecule has 1 heterocycles. The van der Waals surface area contributed by atoms with Crippen LogP contribution in [0.4, 0.5) is 0 Å². The molecule has 162 valence electrons. The third-order valence-corrected chi connectivity index (χ3v) is 5.20. The van der Waals surface area contributed by atoms with Gasteiger partial charge in [-0.3, -0.25) is 9.59 Å². The molecular formula is C22H19ClNO7-. The van der Waals surface area contributed by atoms with Crippen LogP contribution in [0.1, 0.15) is 23.6 Å². The number of Topliss-reactive ketones (excluding diaryl/α,β-unsaturated/α-hetero) is 1. The summed E-state index contributed by atoms with van der Waals surface area (Å²) in [6.45, 7) is -0.288. The van der Waals surface area contributed by atoms with E-state index in [9.17, 15) is 24.6 Å². The smallest absolute Gasteiger partial charge is 0.295 e. The van der Waals surface area contributed by atoms with E-state index in [1.807, 2.05) is 0 Å². The van der Waals surface area contributed by atoms with Crippen molar-refractivity contribution >= 4 is 35.0 Å². The van der Waals surface area contributed by atoms with E-state index in [-0.39, 0.29) is 17.7 Å². The van der Waals surface area contributed by atoms with Gasteiger partial charge in [-0.1, -0.05) is 11.6 Å². The minimum atomic E-state index is -1.37. The number of amides is 1. The Morgan fingerprint density at radius 3 is 2.39 bits per heavy atom. The molecule has 0 bridgehead atoms. The van der Waals surface area contributed by atoms with Gasteiger partial charge in [-0.15, -0.1) is 0 Å². The van der Waals surface area contributed by atoms with Crippen LogP contribution in [0, 0.1) is 0 Å². The average molecular weight is 445 g/mol. The number of likely N-dealkylation sites (tertiary alicyclic amines) is 1. The van der Waals surface area contributed by atoms with Gasteiger partial charge in [0.25, 0.3) is 11.7 Å². The van der Waals surface area contributed by atoms with Crippen LogP contribution in [0.5, 0.6) is 11.5 Å². The van der Waals surface area contributed by atoms with Crippen molar-refractivity contribution < 1.29 is 34.1 Å². The maximum absolute atomic E-state index is 12.9. The number of ether oxygens (including phenoxy) is 2. The van der Waals surface area contributed by atoms with Gasteiger partial charge >= 0.3 is 0 Å². The van der Waals surface area contributed by atoms with Gasteiger partial charge in [-0.2, -0.15) is 0 Å². The van der Waals surface area contributed by atoms with E-state index in [2.05, 4.69) is 0 Å². The summed E-state index contributed by atoms with van der Waals surface area (Å²) in [4.78, 5) is 37.7. The topological polar surface area (TPSA) is 116 Å². The first kappa shape index (κ1) is 22.2. The fourth-order valence-electron chi connectivity index (χ4n) is 3.45. The first-order chi connectivity index (χ1) is 14.8. The maximum atomic E-state index is 12.9. The Bertz CT molecular complexity index is 1060. The number of carbonyl (C=O) groups is 3. The van der Waals surface area contributed by atoms with Crippen LogP contribution >= 0.6 is 11.6 Å². The predicted molar refractivity (Wildman–Crippen MR) is 110 cm³/mol. The lowest BCUT2D eigenvalue weighted by Crippen LogP contribution is -2.34. The van der Waals surface area contributed by atoms with Gasteiger partial charge in [0.05, 0.1) is 25.8 Å². The van der Waals surface area contributed by atoms with Crippen molar-refractivity contribution in [1.82, 2.24) is 4.90 Å². The highest BCUT2D eigenvalue weighted by molar-refractivity contribution is 6.46. The van der Waals surface area contributed by atoms with Crippen LogP contribution in [0.15, 0.2) is 48.0 Å². The van der Waals surface area contributed by atoms with Crippen molar-refractivity contribution in [2.45, 2.75) is 12.5 Å². The zero-order chi connectivity index (χ0) is 22.7. The van der Waals surface area contributed by atoms with Gasteiger partial charge in [-0.25, -0.2) is 0 Å². The number of carboxylic acids is 1. The lowest BCUT2D eigenvalue weighted by molar-refractivity contribution is -0.305. The van der Waals surface area contributed by atoms with Gasteiger partial charge in [0, 0.05) is 41.2 Å². The fraction of sp³-hybridized carbons (Fsp3) is 0.227. The van der Waals surface area contributed by atoms with E-state index in [1.54, 1.807) is 18.2 Å². The number of halogens is 1. The quantitative estimate of drug-likeness (QED) is 0.394. The summed E-state index contributed by atoms with van der Waals surface area (Å²) < 4.78 is 10.6. The molecule has 0 aromatic heterocycles. The highest BCUT2D eigenvalue weighted by atomic mass is 35.5. The number of aliphatic carboxylic acids is 1. The number of carboxylic acid groups (broad SMARTS) is 1. The van der Waals surface area contributed by atoms with Crippen molar-refractivity contribution in [3.05, 3.63) is 64.2 Å². The number of benzene rings is 2. The molecule has 1 amide bonds. The largest absolute Gasteiger partial charge is 0.550 e. The summed E-state index contributed by atoms with van der Waals surface area (Å²) in [6, 6.07) is 9.78. The molecule has 31 heavy (non-hydrogen) atoms. The van der Waals surface area contributed by atoms with Crippen molar-refractivity contribution in [2.75, 3.05) is 20.8 Å². The number of aliphatic hydroxyl groups is 1. The predicted octanol–water partition coefficient (Wildman–Crippen LogP) is 1.92. The fourth-order valence-corrected chi connectivity index (χ4v) is 3.58. The van der Waals surface area contributed by atoms with E-state index in [4.69, 9.17) is 21.1 Å². The Kier molecular flexibility index (Phi) is 6.50. The average Bonchev–Trinajstić information content (AvgIpc) is 3.01. The Labute approximate surface area is 183 Å². The summed E-state index contributed by atoms with van der Waals surface area (Å²) in [5, 5.41) is 22.4. The first-order valence-electron chi connectivity index (χ1n) is 9.24. The van der Waals surface area contributed by atoms with E-state index in [0.29, 0.717) is 22.1 Å². The molecule has 1 saturated heterocycles. The van der Waals surface area contributed by atoms with Gasteiger partial charge in [0.15, 0.2) is 0 Å². The molecule has 2 aromatic carbocycles. The molecule has 0 saturated carbocycles. The molecule has 0 unspecified atom stereocenters. The standard InChI is InChI=1S/C22H20ClNO7/c1-30-14-7-8-15(16(11-14)31-2)19-18(20(27)12-3-5-13(23)6-4-12)21(28)22(29)24(19)10-9-17(25)26/h3-8,11,19,27H,9-10H2,1-2H3,(H,25,26)/p-1/t19-/m1/s1. The molecule has 0 aliphatic carbocycles. The lowest BCUT2D eigenvalue weighted by atomic mass is 9.94. The lowest BCUT2D eigenvalue weighted by Gasteiger charge is -2.27. The van der Waals surface area contributed by atoms with Crippen molar-refractivity contribution in [3.63, 3.8) is 0 Å². The minimum Gasteiger partial charge on any atom is -0.550 e. The van der Waals surface area contributed by atoms with Crippen molar-refractivity contribution in [1.29, 1.82) is 0 Å². The van der Waals surface area contributed by atoms with Gasteiger partial charge in [0.1, 0.15) is 17.3 Å². The maximum Gasteiger partial charge on any atom is 0.295 e. The highest BCUT2D eigenvalue weighted by Crippen LogP contribution is 2.43. The summed E-state index contributed by atoms with van der Waals surface area (Å²) in [5.41, 5.74) is 0.477. The molecule has 0 radical (unpaired) electrons. The summed E-state index contributed by atoms with van der Waals surface area (Å²) >= 11 is 5.90. The zero-order valence-corrected chi connectivity index (χ0v) is 17.5. The number of aliphatic hydroxyl groups excluding tert-OH is 1. The third kappa shape index (κ3) is 4.34. The number of methoxy groups -OCH3 is 2. The van der Waals surface area contributed by atoms with Crippen LogP contribution in [-0.4, -0.2) is 48.4 Å². The molecular weight excluding hydrogens is 426 g/mol. The summed E-state index contributed by atoms with van der Waals surface area (Å²) in [7, 11) is 2.88. The molecule has 8 nitrogen and oxygen atoms in total. The van der Waals surface area contributed by atoms with Crippen LogP contribution in [0.25, 0.3) is 5.76 Å². The zero-order valence-electron chi connectivity index (χ0n) is 16.8. The summed E-state index contributed by atoms with van der Waals surface area (Å²) in [6.07, 6.45) is -0.483. The van der Waals surface area contributed by atoms with Crippen molar-refractivity contribution in [3.8, 4) is 11.5 Å². The second kappa shape index (κ2) is 9.09. The molecule has 9 heteroatoms. The molecule has 1 aliphatic heterocycles.